The molecule has 2 aromatic rings. The number of aromatic nitrogens is 1. The quantitative estimate of drug-likeness (QED) is 0.810. The van der Waals surface area contributed by atoms with Crippen LogP contribution in [0, 0.1) is 6.92 Å². The van der Waals surface area contributed by atoms with Gasteiger partial charge in [0.15, 0.2) is 0 Å². The average molecular weight is 355 g/mol. The van der Waals surface area contributed by atoms with Gasteiger partial charge < -0.3 is 19.5 Å². The van der Waals surface area contributed by atoms with Crippen LogP contribution >= 0.6 is 0 Å². The Bertz CT molecular complexity index is 788. The Morgan fingerprint density at radius 1 is 1.19 bits per heavy atom. The van der Waals surface area contributed by atoms with Crippen molar-refractivity contribution < 1.29 is 9.53 Å². The Balaban J connectivity index is 1.40. The summed E-state index contributed by atoms with van der Waals surface area (Å²) in [4.78, 5) is 25.9. The van der Waals surface area contributed by atoms with E-state index in [2.05, 4.69) is 5.32 Å². The van der Waals surface area contributed by atoms with Crippen molar-refractivity contribution in [2.75, 3.05) is 19.6 Å². The summed E-state index contributed by atoms with van der Waals surface area (Å²) in [6, 6.07) is 14.8. The molecule has 3 rings (SSSR count). The third-order valence-corrected chi connectivity index (χ3v) is 4.58. The van der Waals surface area contributed by atoms with Gasteiger partial charge >= 0.3 is 6.03 Å². The number of rotatable bonds is 6. The molecular weight excluding hydrogens is 330 g/mol. The molecule has 138 valence electrons. The van der Waals surface area contributed by atoms with Gasteiger partial charge in [-0.15, -0.1) is 0 Å². The van der Waals surface area contributed by atoms with Gasteiger partial charge in [-0.3, -0.25) is 4.79 Å². The first-order chi connectivity index (χ1) is 12.6. The number of para-hydroxylation sites is 1. The van der Waals surface area contributed by atoms with Crippen LogP contribution in [0.3, 0.4) is 0 Å². The monoisotopic (exact) mass is 355 g/mol. The molecule has 1 aliphatic heterocycles. The van der Waals surface area contributed by atoms with Crippen molar-refractivity contribution in [3.8, 4) is 5.75 Å². The van der Waals surface area contributed by atoms with E-state index in [1.807, 2.05) is 43.3 Å². The van der Waals surface area contributed by atoms with Gasteiger partial charge in [0, 0.05) is 37.8 Å². The lowest BCUT2D eigenvalue weighted by Crippen LogP contribution is -2.40. The van der Waals surface area contributed by atoms with Crippen LogP contribution in [0.4, 0.5) is 4.79 Å². The van der Waals surface area contributed by atoms with E-state index in [-0.39, 0.29) is 17.7 Å². The smallest absolute Gasteiger partial charge is 0.317 e. The van der Waals surface area contributed by atoms with Crippen molar-refractivity contribution in [2.24, 2.45) is 0 Å². The normalized spacial score (nSPS) is 16.5. The topological polar surface area (TPSA) is 63.6 Å². The van der Waals surface area contributed by atoms with Crippen molar-refractivity contribution in [3.05, 3.63) is 64.6 Å². The molecular formula is C20H25N3O3. The summed E-state index contributed by atoms with van der Waals surface area (Å²) in [6.07, 6.45) is 1.59. The number of nitrogens with one attached hydrogen (secondary N) is 1. The number of hydrogen-bond acceptors (Lipinski definition) is 3. The molecule has 6 nitrogen and oxygen atoms in total. The molecule has 26 heavy (non-hydrogen) atoms. The van der Waals surface area contributed by atoms with Gasteiger partial charge in [-0.2, -0.15) is 0 Å². The van der Waals surface area contributed by atoms with Crippen molar-refractivity contribution in [2.45, 2.75) is 32.4 Å². The SMILES string of the molecule is Cc1cccc(=O)n1CCCNC(=O)N1CC[C@@H](Oc2ccccc2)C1. The zero-order chi connectivity index (χ0) is 18.4. The molecule has 1 saturated heterocycles. The van der Waals surface area contributed by atoms with Crippen LogP contribution in [0.1, 0.15) is 18.5 Å². The van der Waals surface area contributed by atoms with Crippen LogP contribution < -0.4 is 15.6 Å². The number of carbonyl (C=O) groups excluding carboxylic acids is 1. The van der Waals surface area contributed by atoms with Crippen molar-refractivity contribution in [3.63, 3.8) is 0 Å². The predicted molar refractivity (Wildman–Crippen MR) is 101 cm³/mol. The van der Waals surface area contributed by atoms with Crippen LogP contribution in [0.5, 0.6) is 5.75 Å². The number of amides is 2. The highest BCUT2D eigenvalue weighted by molar-refractivity contribution is 5.74. The highest BCUT2D eigenvalue weighted by Gasteiger charge is 2.27. The summed E-state index contributed by atoms with van der Waals surface area (Å²) in [5.74, 6) is 0.837. The van der Waals surface area contributed by atoms with Crippen molar-refractivity contribution in [1.29, 1.82) is 0 Å². The number of ether oxygens (including phenoxy) is 1. The molecule has 1 atom stereocenters. The second-order valence-electron chi connectivity index (χ2n) is 6.53. The maximum Gasteiger partial charge on any atom is 0.317 e. The van der Waals surface area contributed by atoms with Crippen LogP contribution in [0.15, 0.2) is 53.3 Å². The summed E-state index contributed by atoms with van der Waals surface area (Å²) in [5, 5.41) is 2.93. The van der Waals surface area contributed by atoms with Gasteiger partial charge in [0.05, 0.1) is 6.54 Å². The third-order valence-electron chi connectivity index (χ3n) is 4.58. The largest absolute Gasteiger partial charge is 0.489 e. The molecule has 1 N–H and O–H groups in total. The number of benzene rings is 1. The Morgan fingerprint density at radius 3 is 2.77 bits per heavy atom. The molecule has 0 radical (unpaired) electrons. The number of carbonyl (C=O) groups is 1. The third kappa shape index (κ3) is 4.65. The lowest BCUT2D eigenvalue weighted by molar-refractivity contribution is 0.187. The van der Waals surface area contributed by atoms with Crippen LogP contribution in [0.25, 0.3) is 0 Å². The molecule has 0 aliphatic carbocycles. The molecule has 1 aromatic heterocycles. The first-order valence-corrected chi connectivity index (χ1v) is 9.04. The molecule has 1 fully saturated rings. The van der Waals surface area contributed by atoms with Gasteiger partial charge in [-0.05, 0) is 31.5 Å². The minimum Gasteiger partial charge on any atom is -0.489 e. The van der Waals surface area contributed by atoms with Crippen LogP contribution in [0.2, 0.25) is 0 Å². The Kier molecular flexibility index (Phi) is 5.94. The zero-order valence-electron chi connectivity index (χ0n) is 15.1. The number of aryl methyl sites for hydroxylation is 1. The minimum absolute atomic E-state index is 0.00299. The maximum absolute atomic E-state index is 12.3. The Morgan fingerprint density at radius 2 is 2.00 bits per heavy atom. The maximum atomic E-state index is 12.3. The van der Waals surface area contributed by atoms with E-state index in [4.69, 9.17) is 4.74 Å². The van der Waals surface area contributed by atoms with Crippen LogP contribution in [-0.4, -0.2) is 41.2 Å². The standard InChI is InChI=1S/C20H25N3O3/c1-16-7-5-10-19(24)23(16)13-6-12-21-20(25)22-14-11-18(15-22)26-17-8-3-2-4-9-17/h2-5,7-10,18H,6,11-15H2,1H3,(H,21,25)/t18-/m1/s1. The molecule has 0 bridgehead atoms. The summed E-state index contributed by atoms with van der Waals surface area (Å²) in [6.45, 7) is 4.35. The molecule has 0 spiro atoms. The molecule has 6 heteroatoms. The van der Waals surface area contributed by atoms with E-state index in [9.17, 15) is 9.59 Å². The molecule has 0 saturated carbocycles. The Labute approximate surface area is 153 Å². The van der Waals surface area contributed by atoms with E-state index in [1.54, 1.807) is 21.6 Å². The molecule has 1 aliphatic rings. The van der Waals surface area contributed by atoms with E-state index < -0.39 is 0 Å². The fraction of sp³-hybridized carbons (Fsp3) is 0.400. The van der Waals surface area contributed by atoms with Crippen molar-refractivity contribution in [1.82, 2.24) is 14.8 Å². The first kappa shape index (κ1) is 18.0. The Hall–Kier alpha value is -2.76. The molecule has 1 aromatic carbocycles. The molecule has 2 heterocycles. The van der Waals surface area contributed by atoms with E-state index in [1.165, 1.54) is 0 Å². The highest BCUT2D eigenvalue weighted by atomic mass is 16.5. The van der Waals surface area contributed by atoms with Gasteiger partial charge in [0.25, 0.3) is 5.56 Å². The van der Waals surface area contributed by atoms with E-state index >= 15 is 0 Å². The highest BCUT2D eigenvalue weighted by Crippen LogP contribution is 2.17. The number of nitrogens with zero attached hydrogens (tertiary/aromatic N) is 2. The molecule has 0 unspecified atom stereocenters. The number of pyridine rings is 1. The van der Waals surface area contributed by atoms with Crippen LogP contribution in [-0.2, 0) is 6.54 Å². The average Bonchev–Trinajstić information content (AvgIpc) is 3.10. The fourth-order valence-corrected chi connectivity index (χ4v) is 3.15. The summed E-state index contributed by atoms with van der Waals surface area (Å²) in [5.41, 5.74) is 0.932. The number of hydrogen-bond donors (Lipinski definition) is 1. The number of urea groups is 1. The predicted octanol–water partition coefficient (Wildman–Crippen LogP) is 2.41. The zero-order valence-corrected chi connectivity index (χ0v) is 15.1. The van der Waals surface area contributed by atoms with Gasteiger partial charge in [-0.1, -0.05) is 24.3 Å². The van der Waals surface area contributed by atoms with E-state index in [0.717, 1.165) is 17.9 Å². The second kappa shape index (κ2) is 8.56. The first-order valence-electron chi connectivity index (χ1n) is 9.04. The van der Waals surface area contributed by atoms with E-state index in [0.29, 0.717) is 32.6 Å². The second-order valence-corrected chi connectivity index (χ2v) is 6.53. The summed E-state index contributed by atoms with van der Waals surface area (Å²) >= 11 is 0. The van der Waals surface area contributed by atoms with Gasteiger partial charge in [-0.25, -0.2) is 4.79 Å². The lowest BCUT2D eigenvalue weighted by Gasteiger charge is -2.18. The molecule has 2 amide bonds. The number of likely N-dealkylation sites (tertiary alicyclic amines) is 1. The minimum atomic E-state index is -0.0682. The lowest BCUT2D eigenvalue weighted by atomic mass is 10.3. The van der Waals surface area contributed by atoms with Gasteiger partial charge in [0.1, 0.15) is 11.9 Å². The summed E-state index contributed by atoms with van der Waals surface area (Å²) < 4.78 is 7.63. The summed E-state index contributed by atoms with van der Waals surface area (Å²) in [7, 11) is 0. The van der Waals surface area contributed by atoms with Crippen molar-refractivity contribution >= 4 is 6.03 Å². The van der Waals surface area contributed by atoms with Gasteiger partial charge in [0.2, 0.25) is 0 Å². The fourth-order valence-electron chi connectivity index (χ4n) is 3.15.